The van der Waals surface area contributed by atoms with E-state index >= 15 is 0 Å². The first kappa shape index (κ1) is 15.5. The second-order valence-electron chi connectivity index (χ2n) is 4.96. The van der Waals surface area contributed by atoms with Gasteiger partial charge in [-0.1, -0.05) is 6.07 Å². The molecule has 0 unspecified atom stereocenters. The van der Waals surface area contributed by atoms with Crippen molar-refractivity contribution in [3.8, 4) is 17.8 Å². The number of benzene rings is 1. The van der Waals surface area contributed by atoms with Crippen LogP contribution in [-0.2, 0) is 6.61 Å². The molecule has 0 atom stereocenters. The van der Waals surface area contributed by atoms with E-state index in [1.165, 1.54) is 9.13 Å². The Morgan fingerprint density at radius 3 is 2.87 bits per heavy atom. The number of aryl methyl sites for hydroxylation is 1. The fourth-order valence-corrected chi connectivity index (χ4v) is 2.80. The Morgan fingerprint density at radius 2 is 2.09 bits per heavy atom. The SMILES string of the molecule is Cc1cc(I)ccc1COc1ccnn1-c1cc(C#N)ccn1. The predicted octanol–water partition coefficient (Wildman–Crippen LogP) is 3.63. The molecule has 0 saturated carbocycles. The maximum Gasteiger partial charge on any atom is 0.218 e. The van der Waals surface area contributed by atoms with Gasteiger partial charge in [-0.25, -0.2) is 4.98 Å². The van der Waals surface area contributed by atoms with E-state index in [1.807, 2.05) is 0 Å². The Bertz CT molecular complexity index is 882. The average molecular weight is 416 g/mol. The van der Waals surface area contributed by atoms with Crippen LogP contribution in [0.25, 0.3) is 5.82 Å². The van der Waals surface area contributed by atoms with Crippen molar-refractivity contribution in [1.82, 2.24) is 14.8 Å². The summed E-state index contributed by atoms with van der Waals surface area (Å²) < 4.78 is 8.67. The van der Waals surface area contributed by atoms with Crippen LogP contribution in [0, 0.1) is 21.8 Å². The van der Waals surface area contributed by atoms with Gasteiger partial charge < -0.3 is 4.74 Å². The van der Waals surface area contributed by atoms with Gasteiger partial charge in [0.05, 0.1) is 17.8 Å². The van der Waals surface area contributed by atoms with Gasteiger partial charge in [0.2, 0.25) is 5.88 Å². The van der Waals surface area contributed by atoms with Crippen LogP contribution in [0.4, 0.5) is 0 Å². The number of nitrogens with zero attached hydrogens (tertiary/aromatic N) is 4. The summed E-state index contributed by atoms with van der Waals surface area (Å²) in [5, 5.41) is 13.2. The minimum absolute atomic E-state index is 0.451. The van der Waals surface area contributed by atoms with E-state index in [2.05, 4.69) is 63.9 Å². The number of hydrogen-bond acceptors (Lipinski definition) is 4. The summed E-state index contributed by atoms with van der Waals surface area (Å²) in [4.78, 5) is 4.24. The molecular formula is C17H13IN4O. The van der Waals surface area contributed by atoms with E-state index in [9.17, 15) is 0 Å². The Kier molecular flexibility index (Phi) is 4.57. The van der Waals surface area contributed by atoms with Crippen molar-refractivity contribution in [2.75, 3.05) is 0 Å². The second-order valence-corrected chi connectivity index (χ2v) is 6.20. The highest BCUT2D eigenvalue weighted by atomic mass is 127. The summed E-state index contributed by atoms with van der Waals surface area (Å²) in [5.74, 6) is 1.15. The molecule has 5 nitrogen and oxygen atoms in total. The molecule has 0 spiro atoms. The smallest absolute Gasteiger partial charge is 0.218 e. The first-order valence-corrected chi connectivity index (χ1v) is 8.03. The van der Waals surface area contributed by atoms with E-state index in [0.717, 1.165) is 5.56 Å². The van der Waals surface area contributed by atoms with E-state index in [0.29, 0.717) is 23.9 Å². The number of hydrogen-bond donors (Lipinski definition) is 0. The van der Waals surface area contributed by atoms with Gasteiger partial charge in [-0.15, -0.1) is 0 Å². The van der Waals surface area contributed by atoms with Crippen LogP contribution in [-0.4, -0.2) is 14.8 Å². The molecule has 23 heavy (non-hydrogen) atoms. The van der Waals surface area contributed by atoms with E-state index in [1.54, 1.807) is 35.3 Å². The largest absolute Gasteiger partial charge is 0.473 e. The molecule has 3 rings (SSSR count). The van der Waals surface area contributed by atoms with Crippen molar-refractivity contribution in [2.45, 2.75) is 13.5 Å². The Hall–Kier alpha value is -2.40. The quantitative estimate of drug-likeness (QED) is 0.610. The summed E-state index contributed by atoms with van der Waals surface area (Å²) in [6.07, 6.45) is 3.24. The van der Waals surface area contributed by atoms with E-state index in [-0.39, 0.29) is 0 Å². The van der Waals surface area contributed by atoms with Crippen molar-refractivity contribution in [2.24, 2.45) is 0 Å². The highest BCUT2D eigenvalue weighted by Crippen LogP contribution is 2.19. The van der Waals surface area contributed by atoms with Gasteiger partial charge in [0.1, 0.15) is 6.61 Å². The molecule has 0 amide bonds. The maximum absolute atomic E-state index is 8.99. The fourth-order valence-electron chi connectivity index (χ4n) is 2.15. The lowest BCUT2D eigenvalue weighted by atomic mass is 10.1. The minimum atomic E-state index is 0.451. The first-order chi connectivity index (χ1) is 11.2. The highest BCUT2D eigenvalue weighted by Gasteiger charge is 2.09. The third kappa shape index (κ3) is 3.51. The molecule has 0 radical (unpaired) electrons. The lowest BCUT2D eigenvalue weighted by molar-refractivity contribution is 0.283. The van der Waals surface area contributed by atoms with Gasteiger partial charge in [0.25, 0.3) is 0 Å². The van der Waals surface area contributed by atoms with Gasteiger partial charge >= 0.3 is 0 Å². The normalized spacial score (nSPS) is 10.3. The van der Waals surface area contributed by atoms with Crippen LogP contribution in [0.15, 0.2) is 48.8 Å². The molecule has 0 saturated heterocycles. The van der Waals surface area contributed by atoms with Crippen LogP contribution in [0.1, 0.15) is 16.7 Å². The first-order valence-electron chi connectivity index (χ1n) is 6.96. The third-order valence-electron chi connectivity index (χ3n) is 3.38. The molecule has 3 aromatic rings. The summed E-state index contributed by atoms with van der Waals surface area (Å²) in [7, 11) is 0. The van der Waals surface area contributed by atoms with Crippen molar-refractivity contribution in [3.63, 3.8) is 0 Å². The Morgan fingerprint density at radius 1 is 1.22 bits per heavy atom. The molecule has 0 N–H and O–H groups in total. The monoisotopic (exact) mass is 416 g/mol. The molecular weight excluding hydrogens is 403 g/mol. The van der Waals surface area contributed by atoms with Gasteiger partial charge in [0.15, 0.2) is 5.82 Å². The number of ether oxygens (including phenoxy) is 1. The molecule has 2 aromatic heterocycles. The summed E-state index contributed by atoms with van der Waals surface area (Å²) in [6.45, 7) is 2.52. The summed E-state index contributed by atoms with van der Waals surface area (Å²) in [6, 6.07) is 13.4. The number of halogens is 1. The maximum atomic E-state index is 8.99. The zero-order chi connectivity index (χ0) is 16.2. The average Bonchev–Trinajstić information content (AvgIpc) is 3.02. The predicted molar refractivity (Wildman–Crippen MR) is 94.3 cm³/mol. The fraction of sp³-hybridized carbons (Fsp3) is 0.118. The molecule has 2 heterocycles. The molecule has 0 fully saturated rings. The molecule has 114 valence electrons. The van der Waals surface area contributed by atoms with Crippen molar-refractivity contribution in [3.05, 3.63) is 69.1 Å². The molecule has 0 aliphatic rings. The Balaban J connectivity index is 1.82. The molecule has 0 aliphatic heterocycles. The lowest BCUT2D eigenvalue weighted by Crippen LogP contribution is -2.05. The summed E-state index contributed by atoms with van der Waals surface area (Å²) >= 11 is 2.29. The van der Waals surface area contributed by atoms with Crippen molar-refractivity contribution < 1.29 is 4.74 Å². The van der Waals surface area contributed by atoms with E-state index < -0.39 is 0 Å². The summed E-state index contributed by atoms with van der Waals surface area (Å²) in [5.41, 5.74) is 2.84. The van der Waals surface area contributed by atoms with Crippen LogP contribution in [0.2, 0.25) is 0 Å². The zero-order valence-electron chi connectivity index (χ0n) is 12.4. The number of aromatic nitrogens is 3. The second kappa shape index (κ2) is 6.79. The van der Waals surface area contributed by atoms with Gasteiger partial charge in [-0.3, -0.25) is 0 Å². The van der Waals surface area contributed by atoms with Crippen LogP contribution in [0.3, 0.4) is 0 Å². The molecule has 6 heteroatoms. The molecule has 1 aromatic carbocycles. The van der Waals surface area contributed by atoms with Gasteiger partial charge in [-0.05, 0) is 58.8 Å². The van der Waals surface area contributed by atoms with Crippen LogP contribution < -0.4 is 4.74 Å². The number of nitriles is 1. The van der Waals surface area contributed by atoms with Crippen molar-refractivity contribution in [1.29, 1.82) is 5.26 Å². The number of rotatable bonds is 4. The van der Waals surface area contributed by atoms with E-state index in [4.69, 9.17) is 10.00 Å². The topological polar surface area (TPSA) is 63.7 Å². The lowest BCUT2D eigenvalue weighted by Gasteiger charge is -2.10. The zero-order valence-corrected chi connectivity index (χ0v) is 14.6. The number of pyridine rings is 1. The Labute approximate surface area is 147 Å². The van der Waals surface area contributed by atoms with Gasteiger partial charge in [0, 0.05) is 21.9 Å². The van der Waals surface area contributed by atoms with Gasteiger partial charge in [-0.2, -0.15) is 15.0 Å². The standard InChI is InChI=1S/C17H13IN4O/c1-12-8-15(18)3-2-14(12)11-23-17-5-7-21-22(17)16-9-13(10-19)4-6-20-16/h2-9H,11H2,1H3. The highest BCUT2D eigenvalue weighted by molar-refractivity contribution is 14.1. The molecule has 0 aliphatic carbocycles. The minimum Gasteiger partial charge on any atom is -0.473 e. The third-order valence-corrected chi connectivity index (χ3v) is 4.05. The van der Waals surface area contributed by atoms with Crippen LogP contribution in [0.5, 0.6) is 5.88 Å². The molecule has 0 bridgehead atoms. The van der Waals surface area contributed by atoms with Crippen LogP contribution >= 0.6 is 22.6 Å². The van der Waals surface area contributed by atoms with Crippen molar-refractivity contribution >= 4 is 22.6 Å².